The summed E-state index contributed by atoms with van der Waals surface area (Å²) < 4.78 is 13.8. The maximum absolute atomic E-state index is 13.8. The molecular weight excluding hydrogens is 317 g/mol. The normalized spacial score (nSPS) is 15.6. The molecule has 1 aliphatic rings. The summed E-state index contributed by atoms with van der Waals surface area (Å²) in [5, 5.41) is 0.561. The van der Waals surface area contributed by atoms with Crippen LogP contribution in [0.2, 0.25) is 0 Å². The average Bonchev–Trinajstić information content (AvgIpc) is 2.63. The fraction of sp³-hybridized carbons (Fsp3) is 0.300. The molecule has 1 saturated heterocycles. The molecule has 0 spiro atoms. The van der Waals surface area contributed by atoms with E-state index in [-0.39, 0.29) is 11.4 Å². The van der Waals surface area contributed by atoms with Gasteiger partial charge in [-0.05, 0) is 61.8 Å². The number of para-hydroxylation sites is 1. The van der Waals surface area contributed by atoms with Crippen LogP contribution in [0.5, 0.6) is 0 Å². The highest BCUT2D eigenvalue weighted by Crippen LogP contribution is 2.24. The molecule has 1 aromatic heterocycles. The summed E-state index contributed by atoms with van der Waals surface area (Å²) in [7, 11) is 0. The molecule has 1 aliphatic heterocycles. The van der Waals surface area contributed by atoms with Crippen LogP contribution in [0.3, 0.4) is 0 Å². The van der Waals surface area contributed by atoms with Gasteiger partial charge in [0, 0.05) is 12.1 Å². The van der Waals surface area contributed by atoms with Gasteiger partial charge < -0.3 is 4.98 Å². The summed E-state index contributed by atoms with van der Waals surface area (Å²) in [6.07, 6.45) is 3.61. The van der Waals surface area contributed by atoms with Crippen molar-refractivity contribution in [3.63, 3.8) is 0 Å². The van der Waals surface area contributed by atoms with Gasteiger partial charge in [-0.2, -0.15) is 0 Å². The van der Waals surface area contributed by atoms with Crippen molar-refractivity contribution >= 4 is 10.9 Å². The van der Waals surface area contributed by atoms with Gasteiger partial charge >= 0.3 is 0 Å². The van der Waals surface area contributed by atoms with E-state index < -0.39 is 0 Å². The van der Waals surface area contributed by atoms with Crippen LogP contribution in [-0.4, -0.2) is 28.0 Å². The Hall–Kier alpha value is -2.53. The largest absolute Gasteiger partial charge is 0.306 e. The van der Waals surface area contributed by atoms with Crippen molar-refractivity contribution in [1.29, 1.82) is 0 Å². The molecule has 4 rings (SSSR count). The summed E-state index contributed by atoms with van der Waals surface area (Å²) in [5.41, 5.74) is 2.12. The van der Waals surface area contributed by atoms with Crippen LogP contribution in [0.4, 0.5) is 4.39 Å². The molecule has 0 atom stereocenters. The number of H-pyrrole nitrogens is 1. The highest BCUT2D eigenvalue weighted by Gasteiger charge is 2.16. The first kappa shape index (κ1) is 16.0. The summed E-state index contributed by atoms with van der Waals surface area (Å²) >= 11 is 0. The monoisotopic (exact) mass is 337 g/mol. The van der Waals surface area contributed by atoms with Gasteiger partial charge in [-0.25, -0.2) is 9.37 Å². The first-order chi connectivity index (χ1) is 12.2. The molecule has 25 heavy (non-hydrogen) atoms. The van der Waals surface area contributed by atoms with E-state index in [0.717, 1.165) is 24.2 Å². The second-order valence-corrected chi connectivity index (χ2v) is 6.57. The Balaban J connectivity index is 1.78. The minimum Gasteiger partial charge on any atom is -0.306 e. The topological polar surface area (TPSA) is 49.0 Å². The van der Waals surface area contributed by atoms with Crippen LogP contribution >= 0.6 is 0 Å². The van der Waals surface area contributed by atoms with Crippen molar-refractivity contribution < 1.29 is 4.39 Å². The summed E-state index contributed by atoms with van der Waals surface area (Å²) in [5.74, 6) is 0.231. The average molecular weight is 337 g/mol. The number of nitrogens with one attached hydrogen (secondary N) is 1. The van der Waals surface area contributed by atoms with Crippen LogP contribution in [0.1, 0.15) is 24.8 Å². The van der Waals surface area contributed by atoms with Gasteiger partial charge in [0.25, 0.3) is 5.56 Å². The summed E-state index contributed by atoms with van der Waals surface area (Å²) in [6.45, 7) is 2.72. The number of hydrogen-bond donors (Lipinski definition) is 1. The maximum Gasteiger partial charge on any atom is 0.259 e. The number of aromatic amines is 1. The highest BCUT2D eigenvalue weighted by molar-refractivity contribution is 5.79. The Morgan fingerprint density at radius 2 is 1.88 bits per heavy atom. The smallest absolute Gasteiger partial charge is 0.259 e. The summed E-state index contributed by atoms with van der Waals surface area (Å²) in [4.78, 5) is 22.1. The van der Waals surface area contributed by atoms with E-state index in [0.29, 0.717) is 23.3 Å². The molecule has 1 N–H and O–H groups in total. The van der Waals surface area contributed by atoms with Crippen molar-refractivity contribution in [1.82, 2.24) is 14.9 Å². The third-order valence-corrected chi connectivity index (χ3v) is 4.78. The van der Waals surface area contributed by atoms with E-state index in [9.17, 15) is 9.18 Å². The zero-order chi connectivity index (χ0) is 17.2. The molecule has 0 aliphatic carbocycles. The molecule has 0 bridgehead atoms. The first-order valence-corrected chi connectivity index (χ1v) is 8.71. The van der Waals surface area contributed by atoms with Crippen LogP contribution in [-0.2, 0) is 6.54 Å². The van der Waals surface area contributed by atoms with Crippen molar-refractivity contribution in [2.45, 2.75) is 25.8 Å². The Kier molecular flexibility index (Phi) is 4.32. The Bertz CT molecular complexity index is 961. The minimum absolute atomic E-state index is 0.172. The van der Waals surface area contributed by atoms with Gasteiger partial charge in [0.2, 0.25) is 0 Å². The van der Waals surface area contributed by atoms with E-state index >= 15 is 0 Å². The molecule has 0 unspecified atom stereocenters. The van der Waals surface area contributed by atoms with Crippen LogP contribution in [0, 0.1) is 5.82 Å². The molecule has 0 amide bonds. The Morgan fingerprint density at radius 3 is 2.72 bits per heavy atom. The quantitative estimate of drug-likeness (QED) is 0.792. The number of nitrogens with zero attached hydrogens (tertiary/aromatic N) is 2. The van der Waals surface area contributed by atoms with Crippen molar-refractivity contribution in [3.8, 4) is 11.4 Å². The fourth-order valence-corrected chi connectivity index (χ4v) is 3.50. The van der Waals surface area contributed by atoms with Crippen molar-refractivity contribution in [2.75, 3.05) is 13.1 Å². The van der Waals surface area contributed by atoms with E-state index in [2.05, 4.69) is 14.9 Å². The lowest BCUT2D eigenvalue weighted by Gasteiger charge is -2.27. The standard InChI is InChI=1S/C20H20FN3O/c21-15-8-9-16(14(12-15)13-24-10-4-1-5-11-24)19-22-18-7-3-2-6-17(18)20(25)23-19/h2-3,6-9,12H,1,4-5,10-11,13H2,(H,22,23,25). The van der Waals surface area contributed by atoms with Gasteiger partial charge in [-0.15, -0.1) is 0 Å². The first-order valence-electron chi connectivity index (χ1n) is 8.71. The molecule has 0 saturated carbocycles. The lowest BCUT2D eigenvalue weighted by molar-refractivity contribution is 0.221. The van der Waals surface area contributed by atoms with Gasteiger partial charge in [0.15, 0.2) is 0 Å². The SMILES string of the molecule is O=c1[nH]c(-c2ccc(F)cc2CN2CCCCC2)nc2ccccc12. The van der Waals surface area contributed by atoms with Gasteiger partial charge in [-0.1, -0.05) is 18.6 Å². The molecule has 128 valence electrons. The third kappa shape index (κ3) is 3.33. The minimum atomic E-state index is -0.265. The predicted molar refractivity (Wildman–Crippen MR) is 96.9 cm³/mol. The molecular formula is C20H20FN3O. The van der Waals surface area contributed by atoms with Crippen molar-refractivity contribution in [2.24, 2.45) is 0 Å². The Labute approximate surface area is 145 Å². The molecule has 3 aromatic rings. The predicted octanol–water partition coefficient (Wildman–Crippen LogP) is 3.72. The molecule has 4 nitrogen and oxygen atoms in total. The zero-order valence-corrected chi connectivity index (χ0v) is 14.0. The van der Waals surface area contributed by atoms with Crippen molar-refractivity contribution in [3.05, 3.63) is 64.2 Å². The van der Waals surface area contributed by atoms with E-state index in [1.54, 1.807) is 18.2 Å². The lowest BCUT2D eigenvalue weighted by atomic mass is 10.0. The summed E-state index contributed by atoms with van der Waals surface area (Å²) in [6, 6.07) is 11.9. The number of rotatable bonds is 3. The zero-order valence-electron chi connectivity index (χ0n) is 14.0. The lowest BCUT2D eigenvalue weighted by Crippen LogP contribution is -2.29. The van der Waals surface area contributed by atoms with Gasteiger partial charge in [0.05, 0.1) is 10.9 Å². The molecule has 2 aromatic carbocycles. The fourth-order valence-electron chi connectivity index (χ4n) is 3.50. The number of piperidine rings is 1. The van der Waals surface area contributed by atoms with E-state index in [4.69, 9.17) is 0 Å². The number of hydrogen-bond acceptors (Lipinski definition) is 3. The van der Waals surface area contributed by atoms with Gasteiger partial charge in [0.1, 0.15) is 11.6 Å². The van der Waals surface area contributed by atoms with Crippen LogP contribution in [0.15, 0.2) is 47.3 Å². The number of aromatic nitrogens is 2. The molecule has 1 fully saturated rings. The Morgan fingerprint density at radius 1 is 1.08 bits per heavy atom. The second kappa shape index (κ2) is 6.76. The number of fused-ring (bicyclic) bond motifs is 1. The highest BCUT2D eigenvalue weighted by atomic mass is 19.1. The van der Waals surface area contributed by atoms with E-state index in [1.165, 1.54) is 25.3 Å². The molecule has 2 heterocycles. The van der Waals surface area contributed by atoms with Crippen LogP contribution < -0.4 is 5.56 Å². The second-order valence-electron chi connectivity index (χ2n) is 6.57. The van der Waals surface area contributed by atoms with E-state index in [1.807, 2.05) is 18.2 Å². The van der Waals surface area contributed by atoms with Gasteiger partial charge in [-0.3, -0.25) is 9.69 Å². The number of halogens is 1. The third-order valence-electron chi connectivity index (χ3n) is 4.78. The molecule has 5 heteroatoms. The maximum atomic E-state index is 13.8. The molecule has 0 radical (unpaired) electrons. The van der Waals surface area contributed by atoms with Crippen LogP contribution in [0.25, 0.3) is 22.3 Å². The number of likely N-dealkylation sites (tertiary alicyclic amines) is 1. The number of benzene rings is 2.